The lowest BCUT2D eigenvalue weighted by atomic mass is 10.1. The molecule has 0 unspecified atom stereocenters. The van der Waals surface area contributed by atoms with Crippen molar-refractivity contribution in [1.29, 1.82) is 0 Å². The molecule has 3 aromatic rings. The van der Waals surface area contributed by atoms with Gasteiger partial charge in [0.1, 0.15) is 0 Å². The Kier molecular flexibility index (Phi) is 8.30. The van der Waals surface area contributed by atoms with Crippen LogP contribution in [0.1, 0.15) is 17.5 Å². The molecule has 0 aliphatic rings. The molecule has 176 valence electrons. The predicted molar refractivity (Wildman–Crippen MR) is 139 cm³/mol. The highest BCUT2D eigenvalue weighted by atomic mass is 32.1. The summed E-state index contributed by atoms with van der Waals surface area (Å²) >= 11 is 5.74. The lowest BCUT2D eigenvalue weighted by Gasteiger charge is -2.26. The predicted octanol–water partition coefficient (Wildman–Crippen LogP) is 4.00. The number of hydrogen-bond donors (Lipinski definition) is 2. The number of anilines is 1. The van der Waals surface area contributed by atoms with Gasteiger partial charge < -0.3 is 29.6 Å². The number of nitrogens with zero attached hydrogens (tertiary/aromatic N) is 2. The first-order chi connectivity index (χ1) is 15.8. The van der Waals surface area contributed by atoms with E-state index in [2.05, 4.69) is 15.2 Å². The second kappa shape index (κ2) is 11.2. The summed E-state index contributed by atoms with van der Waals surface area (Å²) in [5, 5.41) is 4.78. The van der Waals surface area contributed by atoms with E-state index in [0.717, 1.165) is 36.1 Å². The third kappa shape index (κ3) is 6.46. The van der Waals surface area contributed by atoms with Crippen molar-refractivity contribution in [3.8, 4) is 11.5 Å². The average Bonchev–Trinajstić information content (AvgIpc) is 2.77. The molecule has 33 heavy (non-hydrogen) atoms. The molecule has 0 aliphatic carbocycles. The first kappa shape index (κ1) is 24.5. The van der Waals surface area contributed by atoms with E-state index < -0.39 is 0 Å². The number of pyridine rings is 1. The molecule has 3 rings (SSSR count). The van der Waals surface area contributed by atoms with Gasteiger partial charge in [0.25, 0.3) is 5.56 Å². The van der Waals surface area contributed by atoms with Gasteiger partial charge in [-0.2, -0.15) is 0 Å². The highest BCUT2D eigenvalue weighted by molar-refractivity contribution is 7.80. The number of ether oxygens (including phenoxy) is 2. The summed E-state index contributed by atoms with van der Waals surface area (Å²) in [6, 6.07) is 13.6. The van der Waals surface area contributed by atoms with Crippen molar-refractivity contribution in [3.63, 3.8) is 0 Å². The number of nitrogens with one attached hydrogen (secondary N) is 2. The van der Waals surface area contributed by atoms with Crippen LogP contribution in [0, 0.1) is 6.92 Å². The van der Waals surface area contributed by atoms with Crippen molar-refractivity contribution in [1.82, 2.24) is 14.8 Å². The Bertz CT molecular complexity index is 1180. The molecule has 1 heterocycles. The Labute approximate surface area is 200 Å². The number of thiocarbonyl (C=S) groups is 1. The molecule has 1 aromatic heterocycles. The molecule has 2 N–H and O–H groups in total. The van der Waals surface area contributed by atoms with Crippen molar-refractivity contribution < 1.29 is 9.47 Å². The monoisotopic (exact) mass is 468 g/mol. The molecule has 0 fully saturated rings. The van der Waals surface area contributed by atoms with E-state index in [0.29, 0.717) is 34.2 Å². The number of benzene rings is 2. The Morgan fingerprint density at radius 3 is 2.45 bits per heavy atom. The number of fused-ring (bicyclic) bond motifs is 1. The summed E-state index contributed by atoms with van der Waals surface area (Å²) in [6.07, 6.45) is 0.916. The van der Waals surface area contributed by atoms with Crippen molar-refractivity contribution in [2.24, 2.45) is 0 Å². The van der Waals surface area contributed by atoms with Crippen LogP contribution in [0.3, 0.4) is 0 Å². The summed E-state index contributed by atoms with van der Waals surface area (Å²) in [4.78, 5) is 20.1. The summed E-state index contributed by atoms with van der Waals surface area (Å²) in [6.45, 7) is 4.08. The molecule has 0 saturated heterocycles. The highest BCUT2D eigenvalue weighted by Gasteiger charge is 2.15. The highest BCUT2D eigenvalue weighted by Crippen LogP contribution is 2.31. The van der Waals surface area contributed by atoms with Gasteiger partial charge in [-0.3, -0.25) is 4.79 Å². The van der Waals surface area contributed by atoms with E-state index in [1.807, 2.05) is 62.3 Å². The lowest BCUT2D eigenvalue weighted by molar-refractivity contribution is 0.346. The van der Waals surface area contributed by atoms with Gasteiger partial charge >= 0.3 is 0 Å². The zero-order chi connectivity index (χ0) is 24.0. The normalized spacial score (nSPS) is 11.0. The molecular weight excluding hydrogens is 436 g/mol. The Morgan fingerprint density at radius 2 is 1.79 bits per heavy atom. The molecule has 0 amide bonds. The van der Waals surface area contributed by atoms with Crippen LogP contribution >= 0.6 is 12.2 Å². The molecule has 2 aromatic carbocycles. The van der Waals surface area contributed by atoms with E-state index in [9.17, 15) is 4.79 Å². The summed E-state index contributed by atoms with van der Waals surface area (Å²) in [5.74, 6) is 1.18. The second-order valence-corrected chi connectivity index (χ2v) is 8.68. The van der Waals surface area contributed by atoms with Crippen LogP contribution in [-0.4, -0.2) is 61.3 Å². The number of aromatic amines is 1. The van der Waals surface area contributed by atoms with Crippen molar-refractivity contribution >= 4 is 33.9 Å². The average molecular weight is 469 g/mol. The summed E-state index contributed by atoms with van der Waals surface area (Å²) in [7, 11) is 7.26. The Balaban J connectivity index is 1.89. The molecule has 7 nitrogen and oxygen atoms in total. The third-order valence-corrected chi connectivity index (χ3v) is 5.74. The van der Waals surface area contributed by atoms with E-state index in [-0.39, 0.29) is 5.56 Å². The number of H-pyrrole nitrogens is 1. The van der Waals surface area contributed by atoms with Gasteiger partial charge in [0.05, 0.1) is 26.3 Å². The van der Waals surface area contributed by atoms with Crippen molar-refractivity contribution in [2.75, 3.05) is 46.7 Å². The first-order valence-electron chi connectivity index (χ1n) is 10.9. The van der Waals surface area contributed by atoms with Gasteiger partial charge in [0.15, 0.2) is 16.6 Å². The lowest BCUT2D eigenvalue weighted by Crippen LogP contribution is -2.37. The zero-order valence-electron chi connectivity index (χ0n) is 19.9. The molecule has 0 atom stereocenters. The smallest absolute Gasteiger partial charge is 0.253 e. The molecular formula is C25H32N4O3S. The molecule has 0 spiro atoms. The Hall–Kier alpha value is -3.10. The minimum atomic E-state index is -0.148. The fourth-order valence-electron chi connectivity index (χ4n) is 3.66. The number of aromatic nitrogens is 1. The standard InChI is InChI=1S/C25H32N4O3S/c1-17-8-6-9-20(12-17)26-25(33)29(11-7-10-28(2)3)16-19-13-18-14-22(31-4)23(32-5)15-21(18)27-24(19)30/h6,8-9,12-15H,7,10-11,16H2,1-5H3,(H,26,33)(H,27,30). The molecule has 0 aliphatic heterocycles. The van der Waals surface area contributed by atoms with Gasteiger partial charge in [-0.05, 0) is 76.0 Å². The van der Waals surface area contributed by atoms with Crippen LogP contribution in [0.5, 0.6) is 11.5 Å². The second-order valence-electron chi connectivity index (χ2n) is 8.30. The molecule has 0 saturated carbocycles. The van der Waals surface area contributed by atoms with Gasteiger partial charge in [-0.25, -0.2) is 0 Å². The van der Waals surface area contributed by atoms with Crippen LogP contribution in [0.2, 0.25) is 0 Å². The quantitative estimate of drug-likeness (QED) is 0.460. The fourth-order valence-corrected chi connectivity index (χ4v) is 3.93. The van der Waals surface area contributed by atoms with Gasteiger partial charge in [-0.1, -0.05) is 12.1 Å². The van der Waals surface area contributed by atoms with E-state index >= 15 is 0 Å². The summed E-state index contributed by atoms with van der Waals surface area (Å²) in [5.41, 5.74) is 3.26. The minimum absolute atomic E-state index is 0.148. The van der Waals surface area contributed by atoms with Crippen LogP contribution in [0.4, 0.5) is 5.69 Å². The van der Waals surface area contributed by atoms with E-state index in [1.165, 1.54) is 0 Å². The van der Waals surface area contributed by atoms with Gasteiger partial charge in [0, 0.05) is 29.2 Å². The Morgan fingerprint density at radius 1 is 1.06 bits per heavy atom. The number of hydrogen-bond acceptors (Lipinski definition) is 5. The number of methoxy groups -OCH3 is 2. The third-order valence-electron chi connectivity index (χ3n) is 5.38. The maximum Gasteiger partial charge on any atom is 0.253 e. The van der Waals surface area contributed by atoms with Crippen LogP contribution in [0.25, 0.3) is 10.9 Å². The molecule has 8 heteroatoms. The maximum atomic E-state index is 12.9. The molecule has 0 bridgehead atoms. The van der Waals surface area contributed by atoms with Crippen LogP contribution in [-0.2, 0) is 6.54 Å². The maximum absolute atomic E-state index is 12.9. The first-order valence-corrected chi connectivity index (χ1v) is 11.3. The SMILES string of the molecule is COc1cc2cc(CN(CCCN(C)C)C(=S)Nc3cccc(C)c3)c(=O)[nH]c2cc1OC. The van der Waals surface area contributed by atoms with E-state index in [1.54, 1.807) is 20.3 Å². The fraction of sp³-hybridized carbons (Fsp3) is 0.360. The van der Waals surface area contributed by atoms with Crippen LogP contribution in [0.15, 0.2) is 47.3 Å². The van der Waals surface area contributed by atoms with Crippen molar-refractivity contribution in [3.05, 3.63) is 63.9 Å². The van der Waals surface area contributed by atoms with Crippen molar-refractivity contribution in [2.45, 2.75) is 19.9 Å². The largest absolute Gasteiger partial charge is 0.493 e. The number of rotatable bonds is 9. The van der Waals surface area contributed by atoms with Gasteiger partial charge in [-0.15, -0.1) is 0 Å². The van der Waals surface area contributed by atoms with Gasteiger partial charge in [0.2, 0.25) is 0 Å². The minimum Gasteiger partial charge on any atom is -0.493 e. The van der Waals surface area contributed by atoms with E-state index in [4.69, 9.17) is 21.7 Å². The zero-order valence-corrected chi connectivity index (χ0v) is 20.7. The molecule has 0 radical (unpaired) electrons. The topological polar surface area (TPSA) is 69.8 Å². The van der Waals surface area contributed by atoms with Crippen LogP contribution < -0.4 is 20.3 Å². The number of aryl methyl sites for hydroxylation is 1. The summed E-state index contributed by atoms with van der Waals surface area (Å²) < 4.78 is 10.8.